The summed E-state index contributed by atoms with van der Waals surface area (Å²) in [7, 11) is 1.79. The smallest absolute Gasteiger partial charge is 0.254 e. The number of benzene rings is 1. The van der Waals surface area contributed by atoms with Gasteiger partial charge in [0.15, 0.2) is 0 Å². The van der Waals surface area contributed by atoms with Gasteiger partial charge in [-0.25, -0.2) is 0 Å². The number of amides is 1. The standard InChI is InChI=1S/C16H19N3O/c1-19(12-14-7-4-5-11-18-14)16(20)15-8-3-2-6-13(15)9-10-17/h2-8,11H,9-10,12,17H2,1H3. The van der Waals surface area contributed by atoms with Crippen LogP contribution in [0.15, 0.2) is 48.7 Å². The van der Waals surface area contributed by atoms with Crippen molar-refractivity contribution >= 4 is 5.91 Å². The van der Waals surface area contributed by atoms with Gasteiger partial charge in [0.25, 0.3) is 5.91 Å². The van der Waals surface area contributed by atoms with Gasteiger partial charge in [-0.3, -0.25) is 9.78 Å². The predicted molar refractivity (Wildman–Crippen MR) is 79.2 cm³/mol. The van der Waals surface area contributed by atoms with Crippen LogP contribution in [-0.2, 0) is 13.0 Å². The van der Waals surface area contributed by atoms with E-state index in [9.17, 15) is 4.79 Å². The zero-order valence-electron chi connectivity index (χ0n) is 11.6. The summed E-state index contributed by atoms with van der Waals surface area (Å²) < 4.78 is 0. The number of nitrogens with two attached hydrogens (primary N) is 1. The van der Waals surface area contributed by atoms with Crippen molar-refractivity contribution in [1.82, 2.24) is 9.88 Å². The van der Waals surface area contributed by atoms with Crippen LogP contribution in [0.25, 0.3) is 0 Å². The van der Waals surface area contributed by atoms with Gasteiger partial charge >= 0.3 is 0 Å². The largest absolute Gasteiger partial charge is 0.336 e. The number of hydrogen-bond acceptors (Lipinski definition) is 3. The molecule has 0 saturated carbocycles. The molecular weight excluding hydrogens is 250 g/mol. The molecule has 0 radical (unpaired) electrons. The lowest BCUT2D eigenvalue weighted by atomic mass is 10.0. The van der Waals surface area contributed by atoms with Crippen LogP contribution in [0.1, 0.15) is 21.6 Å². The van der Waals surface area contributed by atoms with E-state index >= 15 is 0 Å². The summed E-state index contributed by atoms with van der Waals surface area (Å²) in [5.74, 6) is -0.000275. The molecule has 4 heteroatoms. The molecular formula is C16H19N3O. The molecule has 0 saturated heterocycles. The van der Waals surface area contributed by atoms with Crippen molar-refractivity contribution in [3.8, 4) is 0 Å². The molecule has 1 aromatic carbocycles. The molecule has 1 aromatic heterocycles. The first-order chi connectivity index (χ1) is 9.72. The molecule has 1 heterocycles. The van der Waals surface area contributed by atoms with E-state index in [1.54, 1.807) is 18.1 Å². The van der Waals surface area contributed by atoms with Crippen molar-refractivity contribution in [1.29, 1.82) is 0 Å². The zero-order chi connectivity index (χ0) is 14.4. The fraction of sp³-hybridized carbons (Fsp3) is 0.250. The maximum absolute atomic E-state index is 12.5. The van der Waals surface area contributed by atoms with Crippen LogP contribution >= 0.6 is 0 Å². The topological polar surface area (TPSA) is 59.2 Å². The van der Waals surface area contributed by atoms with Gasteiger partial charge in [-0.05, 0) is 36.7 Å². The first-order valence-corrected chi connectivity index (χ1v) is 6.65. The lowest BCUT2D eigenvalue weighted by Gasteiger charge is -2.18. The Balaban J connectivity index is 2.14. The van der Waals surface area contributed by atoms with E-state index in [-0.39, 0.29) is 5.91 Å². The summed E-state index contributed by atoms with van der Waals surface area (Å²) >= 11 is 0. The van der Waals surface area contributed by atoms with Crippen molar-refractivity contribution in [2.24, 2.45) is 5.73 Å². The van der Waals surface area contributed by atoms with Crippen LogP contribution in [0.3, 0.4) is 0 Å². The minimum Gasteiger partial charge on any atom is -0.336 e. The zero-order valence-corrected chi connectivity index (χ0v) is 11.6. The van der Waals surface area contributed by atoms with E-state index in [2.05, 4.69) is 4.98 Å². The molecule has 0 bridgehead atoms. The maximum atomic E-state index is 12.5. The minimum atomic E-state index is -0.000275. The van der Waals surface area contributed by atoms with Crippen molar-refractivity contribution in [2.75, 3.05) is 13.6 Å². The Morgan fingerprint density at radius 1 is 1.20 bits per heavy atom. The second-order valence-corrected chi connectivity index (χ2v) is 4.68. The highest BCUT2D eigenvalue weighted by Crippen LogP contribution is 2.13. The third-order valence-electron chi connectivity index (χ3n) is 3.13. The van der Waals surface area contributed by atoms with E-state index in [0.717, 1.165) is 16.8 Å². The van der Waals surface area contributed by atoms with Gasteiger partial charge < -0.3 is 10.6 Å². The van der Waals surface area contributed by atoms with Crippen LogP contribution in [0.5, 0.6) is 0 Å². The molecule has 0 aliphatic rings. The SMILES string of the molecule is CN(Cc1ccccn1)C(=O)c1ccccc1CCN. The van der Waals surface area contributed by atoms with E-state index in [1.807, 2.05) is 42.5 Å². The summed E-state index contributed by atoms with van der Waals surface area (Å²) in [4.78, 5) is 18.4. The molecule has 1 amide bonds. The van der Waals surface area contributed by atoms with Crippen molar-refractivity contribution in [2.45, 2.75) is 13.0 Å². The highest BCUT2D eigenvalue weighted by Gasteiger charge is 2.15. The monoisotopic (exact) mass is 269 g/mol. The van der Waals surface area contributed by atoms with Gasteiger partial charge in [0.05, 0.1) is 12.2 Å². The number of hydrogen-bond donors (Lipinski definition) is 1. The molecule has 2 rings (SSSR count). The number of rotatable bonds is 5. The van der Waals surface area contributed by atoms with Crippen molar-refractivity contribution in [3.63, 3.8) is 0 Å². The molecule has 104 valence electrons. The molecule has 0 aliphatic heterocycles. The van der Waals surface area contributed by atoms with E-state index in [1.165, 1.54) is 0 Å². The molecule has 0 spiro atoms. The minimum absolute atomic E-state index is 0.000275. The summed E-state index contributed by atoms with van der Waals surface area (Å²) in [6, 6.07) is 13.3. The Labute approximate surface area is 119 Å². The number of carbonyl (C=O) groups excluding carboxylic acids is 1. The summed E-state index contributed by atoms with van der Waals surface area (Å²) in [5.41, 5.74) is 8.18. The van der Waals surface area contributed by atoms with Gasteiger partial charge in [-0.2, -0.15) is 0 Å². The molecule has 0 atom stereocenters. The fourth-order valence-electron chi connectivity index (χ4n) is 2.11. The lowest BCUT2D eigenvalue weighted by Crippen LogP contribution is -2.27. The Morgan fingerprint density at radius 2 is 1.95 bits per heavy atom. The highest BCUT2D eigenvalue weighted by atomic mass is 16.2. The Kier molecular flexibility index (Phi) is 4.85. The summed E-state index contributed by atoms with van der Waals surface area (Å²) in [6.07, 6.45) is 2.44. The van der Waals surface area contributed by atoms with Gasteiger partial charge in [-0.15, -0.1) is 0 Å². The van der Waals surface area contributed by atoms with Crippen molar-refractivity contribution in [3.05, 3.63) is 65.5 Å². The van der Waals surface area contributed by atoms with Crippen molar-refractivity contribution < 1.29 is 4.79 Å². The molecule has 0 unspecified atom stereocenters. The second kappa shape index (κ2) is 6.82. The fourth-order valence-corrected chi connectivity index (χ4v) is 2.11. The Bertz CT molecular complexity index is 569. The molecule has 4 nitrogen and oxygen atoms in total. The van der Waals surface area contributed by atoms with Gasteiger partial charge in [0, 0.05) is 18.8 Å². The Hall–Kier alpha value is -2.20. The van der Waals surface area contributed by atoms with Crippen LogP contribution < -0.4 is 5.73 Å². The second-order valence-electron chi connectivity index (χ2n) is 4.68. The number of carbonyl (C=O) groups is 1. The first-order valence-electron chi connectivity index (χ1n) is 6.65. The molecule has 2 aromatic rings. The van der Waals surface area contributed by atoms with Crippen LogP contribution in [-0.4, -0.2) is 29.4 Å². The van der Waals surface area contributed by atoms with Crippen LogP contribution in [0.2, 0.25) is 0 Å². The molecule has 0 aliphatic carbocycles. The molecule has 0 fully saturated rings. The van der Waals surface area contributed by atoms with E-state index < -0.39 is 0 Å². The average Bonchev–Trinajstić information content (AvgIpc) is 2.48. The first kappa shape index (κ1) is 14.2. The molecule has 20 heavy (non-hydrogen) atoms. The lowest BCUT2D eigenvalue weighted by molar-refractivity contribution is 0.0782. The Morgan fingerprint density at radius 3 is 2.65 bits per heavy atom. The highest BCUT2D eigenvalue weighted by molar-refractivity contribution is 5.95. The molecule has 2 N–H and O–H groups in total. The van der Waals surface area contributed by atoms with Gasteiger partial charge in [0.1, 0.15) is 0 Å². The normalized spacial score (nSPS) is 10.3. The quantitative estimate of drug-likeness (QED) is 0.901. The van der Waals surface area contributed by atoms with E-state index in [4.69, 9.17) is 5.73 Å². The number of pyridine rings is 1. The predicted octanol–water partition coefficient (Wildman–Crippen LogP) is 1.85. The summed E-state index contributed by atoms with van der Waals surface area (Å²) in [5, 5.41) is 0. The number of nitrogens with zero attached hydrogens (tertiary/aromatic N) is 2. The maximum Gasteiger partial charge on any atom is 0.254 e. The van der Waals surface area contributed by atoms with Gasteiger partial charge in [-0.1, -0.05) is 24.3 Å². The van der Waals surface area contributed by atoms with Crippen LogP contribution in [0, 0.1) is 0 Å². The van der Waals surface area contributed by atoms with Gasteiger partial charge in [0.2, 0.25) is 0 Å². The van der Waals surface area contributed by atoms with E-state index in [0.29, 0.717) is 19.5 Å². The third kappa shape index (κ3) is 3.42. The average molecular weight is 269 g/mol. The van der Waals surface area contributed by atoms with Crippen LogP contribution in [0.4, 0.5) is 0 Å². The number of aromatic nitrogens is 1. The summed E-state index contributed by atoms with van der Waals surface area (Å²) in [6.45, 7) is 1.03. The third-order valence-corrected chi connectivity index (χ3v) is 3.13.